The van der Waals surface area contributed by atoms with Crippen molar-refractivity contribution in [1.82, 2.24) is 19.7 Å². The second-order valence-corrected chi connectivity index (χ2v) is 6.82. The molecule has 1 fully saturated rings. The van der Waals surface area contributed by atoms with Crippen LogP contribution in [-0.4, -0.2) is 45.0 Å². The molecular formula is C20H23N5O3. The highest BCUT2D eigenvalue weighted by atomic mass is 16.5. The van der Waals surface area contributed by atoms with E-state index in [1.54, 1.807) is 47.4 Å². The predicted octanol–water partition coefficient (Wildman–Crippen LogP) is 3.29. The lowest BCUT2D eigenvalue weighted by atomic mass is 10.2. The summed E-state index contributed by atoms with van der Waals surface area (Å²) in [7, 11) is 1.79. The van der Waals surface area contributed by atoms with E-state index in [4.69, 9.17) is 9.15 Å². The van der Waals surface area contributed by atoms with Gasteiger partial charge in [0.15, 0.2) is 5.76 Å². The largest absolute Gasteiger partial charge is 0.463 e. The Morgan fingerprint density at radius 1 is 1.39 bits per heavy atom. The number of pyridine rings is 1. The van der Waals surface area contributed by atoms with Crippen molar-refractivity contribution < 1.29 is 13.9 Å². The maximum Gasteiger partial charge on any atom is 0.323 e. The van der Waals surface area contributed by atoms with Crippen molar-refractivity contribution in [3.8, 4) is 11.5 Å². The Morgan fingerprint density at radius 2 is 2.32 bits per heavy atom. The molecule has 4 rings (SSSR count). The molecule has 0 spiro atoms. The monoisotopic (exact) mass is 381 g/mol. The van der Waals surface area contributed by atoms with E-state index >= 15 is 0 Å². The summed E-state index contributed by atoms with van der Waals surface area (Å²) < 4.78 is 12.7. The van der Waals surface area contributed by atoms with Crippen LogP contribution in [-0.2, 0) is 18.3 Å². The summed E-state index contributed by atoms with van der Waals surface area (Å²) in [5.41, 5.74) is 1.64. The number of aromatic nitrogens is 3. The second kappa shape index (κ2) is 8.26. The molecule has 1 saturated heterocycles. The number of carbonyl (C=O) groups excluding carboxylic acids is 1. The number of rotatable bonds is 6. The predicted molar refractivity (Wildman–Crippen MR) is 104 cm³/mol. The fraction of sp³-hybridized carbons (Fsp3) is 0.350. The third-order valence-corrected chi connectivity index (χ3v) is 4.72. The molecule has 1 aliphatic heterocycles. The molecule has 3 aromatic heterocycles. The van der Waals surface area contributed by atoms with Gasteiger partial charge in [-0.05, 0) is 36.6 Å². The normalized spacial score (nSPS) is 16.2. The molecule has 8 heteroatoms. The van der Waals surface area contributed by atoms with E-state index in [1.807, 2.05) is 18.2 Å². The number of nitrogens with zero attached hydrogens (tertiary/aromatic N) is 4. The molecule has 1 aliphatic rings. The van der Waals surface area contributed by atoms with Gasteiger partial charge in [0.25, 0.3) is 0 Å². The zero-order valence-corrected chi connectivity index (χ0v) is 15.7. The summed E-state index contributed by atoms with van der Waals surface area (Å²) in [6.07, 6.45) is 7.15. The van der Waals surface area contributed by atoms with E-state index in [0.717, 1.165) is 25.0 Å². The SMILES string of the molecule is Cn1nc(-c2ccco2)cc1NC(=O)N(Cc1cccnc1)C[C@@H]1CCCO1. The van der Waals surface area contributed by atoms with Gasteiger partial charge < -0.3 is 14.1 Å². The molecule has 0 saturated carbocycles. The Morgan fingerprint density at radius 3 is 3.04 bits per heavy atom. The van der Waals surface area contributed by atoms with Crippen LogP contribution in [0.1, 0.15) is 18.4 Å². The molecular weight excluding hydrogens is 358 g/mol. The van der Waals surface area contributed by atoms with Gasteiger partial charge in [-0.2, -0.15) is 5.10 Å². The Hall–Kier alpha value is -3.13. The highest BCUT2D eigenvalue weighted by molar-refractivity contribution is 5.89. The highest BCUT2D eigenvalue weighted by Gasteiger charge is 2.24. The Bertz CT molecular complexity index is 901. The minimum Gasteiger partial charge on any atom is -0.463 e. The van der Waals surface area contributed by atoms with Gasteiger partial charge >= 0.3 is 6.03 Å². The van der Waals surface area contributed by atoms with Crippen LogP contribution in [0.15, 0.2) is 53.4 Å². The maximum absolute atomic E-state index is 13.0. The fourth-order valence-corrected chi connectivity index (χ4v) is 3.28. The zero-order chi connectivity index (χ0) is 19.3. The first-order valence-corrected chi connectivity index (χ1v) is 9.33. The molecule has 2 amide bonds. The number of urea groups is 1. The minimum atomic E-state index is -0.201. The van der Waals surface area contributed by atoms with E-state index in [2.05, 4.69) is 15.4 Å². The van der Waals surface area contributed by atoms with Gasteiger partial charge in [0, 0.05) is 45.2 Å². The van der Waals surface area contributed by atoms with Gasteiger partial charge in [0.05, 0.1) is 12.4 Å². The van der Waals surface area contributed by atoms with Crippen LogP contribution < -0.4 is 5.32 Å². The van der Waals surface area contributed by atoms with E-state index in [1.165, 1.54) is 0 Å². The van der Waals surface area contributed by atoms with Gasteiger partial charge in [-0.1, -0.05) is 6.07 Å². The first-order valence-electron chi connectivity index (χ1n) is 9.33. The van der Waals surface area contributed by atoms with Crippen molar-refractivity contribution >= 4 is 11.8 Å². The third kappa shape index (κ3) is 4.23. The Balaban J connectivity index is 1.50. The molecule has 3 aromatic rings. The summed E-state index contributed by atoms with van der Waals surface area (Å²) in [4.78, 5) is 18.9. The second-order valence-electron chi connectivity index (χ2n) is 6.82. The van der Waals surface area contributed by atoms with Crippen LogP contribution in [0.25, 0.3) is 11.5 Å². The first-order chi connectivity index (χ1) is 13.7. The molecule has 146 valence electrons. The van der Waals surface area contributed by atoms with Crippen LogP contribution in [0.5, 0.6) is 0 Å². The smallest absolute Gasteiger partial charge is 0.323 e. The van der Waals surface area contributed by atoms with E-state index < -0.39 is 0 Å². The third-order valence-electron chi connectivity index (χ3n) is 4.72. The fourth-order valence-electron chi connectivity index (χ4n) is 3.28. The minimum absolute atomic E-state index is 0.0626. The summed E-state index contributed by atoms with van der Waals surface area (Å²) >= 11 is 0. The van der Waals surface area contributed by atoms with Gasteiger partial charge in [-0.3, -0.25) is 15.0 Å². The van der Waals surface area contributed by atoms with Gasteiger partial charge in [-0.25, -0.2) is 4.79 Å². The molecule has 1 atom stereocenters. The Labute approximate surface area is 163 Å². The van der Waals surface area contributed by atoms with E-state index in [0.29, 0.717) is 30.4 Å². The number of anilines is 1. The molecule has 0 aromatic carbocycles. The van der Waals surface area contributed by atoms with Crippen molar-refractivity contribution in [1.29, 1.82) is 0 Å². The molecule has 28 heavy (non-hydrogen) atoms. The standard InChI is InChI=1S/C20H23N5O3/c1-24-19(11-17(23-24)18-7-4-10-28-18)22-20(26)25(14-16-6-3-9-27-16)13-15-5-2-8-21-12-15/h2,4-5,7-8,10-12,16H,3,6,9,13-14H2,1H3,(H,22,26)/t16-/m0/s1. The molecule has 0 bridgehead atoms. The number of hydrogen-bond acceptors (Lipinski definition) is 5. The van der Waals surface area contributed by atoms with Gasteiger partial charge in [0.1, 0.15) is 11.5 Å². The molecule has 0 aliphatic carbocycles. The van der Waals surface area contributed by atoms with Crippen LogP contribution in [0.3, 0.4) is 0 Å². The lowest BCUT2D eigenvalue weighted by molar-refractivity contribution is 0.0819. The van der Waals surface area contributed by atoms with E-state index in [9.17, 15) is 4.79 Å². The summed E-state index contributed by atoms with van der Waals surface area (Å²) in [6.45, 7) is 1.74. The number of hydrogen-bond donors (Lipinski definition) is 1. The highest BCUT2D eigenvalue weighted by Crippen LogP contribution is 2.22. The van der Waals surface area contributed by atoms with Crippen molar-refractivity contribution in [2.24, 2.45) is 7.05 Å². The molecule has 0 radical (unpaired) electrons. The average molecular weight is 381 g/mol. The van der Waals surface area contributed by atoms with E-state index in [-0.39, 0.29) is 12.1 Å². The number of furan rings is 1. The maximum atomic E-state index is 13.0. The topological polar surface area (TPSA) is 85.4 Å². The molecule has 0 unspecified atom stereocenters. The quantitative estimate of drug-likeness (QED) is 0.708. The number of aryl methyl sites for hydroxylation is 1. The van der Waals surface area contributed by atoms with Crippen molar-refractivity contribution in [3.63, 3.8) is 0 Å². The summed E-state index contributed by atoms with van der Waals surface area (Å²) in [6, 6.07) is 9.06. The Kier molecular flexibility index (Phi) is 5.38. The number of carbonyl (C=O) groups is 1. The van der Waals surface area contributed by atoms with Crippen LogP contribution >= 0.6 is 0 Å². The van der Waals surface area contributed by atoms with Crippen molar-refractivity contribution in [2.45, 2.75) is 25.5 Å². The number of ether oxygens (including phenoxy) is 1. The molecule has 1 N–H and O–H groups in total. The summed E-state index contributed by atoms with van der Waals surface area (Å²) in [5, 5.41) is 7.36. The van der Waals surface area contributed by atoms with Crippen molar-refractivity contribution in [2.75, 3.05) is 18.5 Å². The van der Waals surface area contributed by atoms with Crippen LogP contribution in [0.4, 0.5) is 10.6 Å². The lowest BCUT2D eigenvalue weighted by Gasteiger charge is -2.25. The summed E-state index contributed by atoms with van der Waals surface area (Å²) in [5.74, 6) is 1.25. The molecule has 4 heterocycles. The number of nitrogens with one attached hydrogen (secondary N) is 1. The van der Waals surface area contributed by atoms with Gasteiger partial charge in [0.2, 0.25) is 0 Å². The zero-order valence-electron chi connectivity index (χ0n) is 15.7. The first kappa shape index (κ1) is 18.2. The molecule has 8 nitrogen and oxygen atoms in total. The number of amides is 2. The lowest BCUT2D eigenvalue weighted by Crippen LogP contribution is -2.40. The van der Waals surface area contributed by atoms with Gasteiger partial charge in [-0.15, -0.1) is 0 Å². The van der Waals surface area contributed by atoms with Crippen LogP contribution in [0.2, 0.25) is 0 Å². The van der Waals surface area contributed by atoms with Crippen LogP contribution in [0, 0.1) is 0 Å². The van der Waals surface area contributed by atoms with Crippen molar-refractivity contribution in [3.05, 3.63) is 54.6 Å². The average Bonchev–Trinajstić information content (AvgIpc) is 3.45.